The number of aliphatic carboxylic acids is 1. The van der Waals surface area contributed by atoms with Crippen LogP contribution in [0.25, 0.3) is 0 Å². The lowest BCUT2D eigenvalue weighted by Gasteiger charge is -2.25. The van der Waals surface area contributed by atoms with Crippen molar-refractivity contribution in [3.8, 4) is 5.75 Å². The molecule has 0 spiro atoms. The lowest BCUT2D eigenvalue weighted by Crippen LogP contribution is -2.34. The zero-order valence-corrected chi connectivity index (χ0v) is 11.4. The van der Waals surface area contributed by atoms with Gasteiger partial charge in [0.15, 0.2) is 0 Å². The van der Waals surface area contributed by atoms with Crippen LogP contribution in [0.3, 0.4) is 0 Å². The van der Waals surface area contributed by atoms with Crippen LogP contribution in [-0.4, -0.2) is 22.1 Å². The monoisotopic (exact) mass is 283 g/mol. The summed E-state index contributed by atoms with van der Waals surface area (Å²) in [6.45, 7) is 3.40. The largest absolute Gasteiger partial charge is 0.506 e. The molecule has 0 saturated heterocycles. The van der Waals surface area contributed by atoms with E-state index in [-0.39, 0.29) is 17.9 Å². The number of halogens is 1. The molecule has 110 valence electrons. The van der Waals surface area contributed by atoms with Crippen LogP contribution in [0.1, 0.15) is 33.1 Å². The minimum atomic E-state index is -1.15. The fraction of sp³-hybridized carbons (Fsp3) is 0.429. The van der Waals surface area contributed by atoms with Gasteiger partial charge in [0.05, 0.1) is 11.1 Å². The number of hydrogen-bond acceptors (Lipinski definition) is 3. The van der Waals surface area contributed by atoms with Crippen molar-refractivity contribution < 1.29 is 24.2 Å². The van der Waals surface area contributed by atoms with Crippen molar-refractivity contribution in [1.29, 1.82) is 0 Å². The molecule has 1 amide bonds. The average Bonchev–Trinajstić information content (AvgIpc) is 2.40. The van der Waals surface area contributed by atoms with Crippen LogP contribution < -0.4 is 5.32 Å². The average molecular weight is 283 g/mol. The molecule has 20 heavy (non-hydrogen) atoms. The van der Waals surface area contributed by atoms with E-state index in [1.165, 1.54) is 0 Å². The Morgan fingerprint density at radius 3 is 2.40 bits per heavy atom. The summed E-state index contributed by atoms with van der Waals surface area (Å²) < 4.78 is 13.0. The Labute approximate surface area is 116 Å². The first-order valence-corrected chi connectivity index (χ1v) is 6.36. The second-order valence-corrected chi connectivity index (χ2v) is 4.68. The number of carboxylic acid groups (broad SMARTS) is 1. The number of nitrogens with one attached hydrogen (secondary N) is 1. The summed E-state index contributed by atoms with van der Waals surface area (Å²) in [6, 6.07) is 3.16. The fourth-order valence-corrected chi connectivity index (χ4v) is 1.99. The molecule has 0 aliphatic carbocycles. The Morgan fingerprint density at radius 2 is 1.90 bits per heavy atom. The highest BCUT2D eigenvalue weighted by Gasteiger charge is 2.37. The first-order valence-electron chi connectivity index (χ1n) is 6.36. The van der Waals surface area contributed by atoms with Gasteiger partial charge in [-0.05, 0) is 25.0 Å². The molecule has 0 saturated carbocycles. The molecule has 1 rings (SSSR count). The number of rotatable bonds is 6. The lowest BCUT2D eigenvalue weighted by atomic mass is 9.79. The van der Waals surface area contributed by atoms with E-state index >= 15 is 0 Å². The quantitative estimate of drug-likeness (QED) is 0.701. The van der Waals surface area contributed by atoms with Crippen molar-refractivity contribution in [3.63, 3.8) is 0 Å². The minimum Gasteiger partial charge on any atom is -0.506 e. The van der Waals surface area contributed by atoms with Gasteiger partial charge >= 0.3 is 5.97 Å². The summed E-state index contributed by atoms with van der Waals surface area (Å²) in [5.41, 5.74) is -1.21. The highest BCUT2D eigenvalue weighted by molar-refractivity contribution is 5.95. The summed E-state index contributed by atoms with van der Waals surface area (Å²) in [5, 5.41) is 21.1. The van der Waals surface area contributed by atoms with Crippen LogP contribution in [0.15, 0.2) is 18.2 Å². The van der Waals surface area contributed by atoms with E-state index in [2.05, 4.69) is 5.32 Å². The number of phenols is 1. The van der Waals surface area contributed by atoms with Gasteiger partial charge in [0, 0.05) is 12.5 Å². The predicted molar refractivity (Wildman–Crippen MR) is 72.0 cm³/mol. The van der Waals surface area contributed by atoms with Gasteiger partial charge in [-0.3, -0.25) is 9.59 Å². The number of aromatic hydroxyl groups is 1. The molecule has 6 heteroatoms. The second-order valence-electron chi connectivity index (χ2n) is 4.68. The Bertz CT molecular complexity index is 512. The van der Waals surface area contributed by atoms with Crippen molar-refractivity contribution in [1.82, 2.24) is 0 Å². The van der Waals surface area contributed by atoms with E-state index < -0.39 is 23.1 Å². The van der Waals surface area contributed by atoms with E-state index in [4.69, 9.17) is 0 Å². The van der Waals surface area contributed by atoms with Crippen molar-refractivity contribution in [2.45, 2.75) is 33.1 Å². The predicted octanol–water partition coefficient (Wildman–Crippen LogP) is 2.75. The first kappa shape index (κ1) is 15.9. The number of hydrogen-bond donors (Lipinski definition) is 3. The number of carboxylic acids is 1. The van der Waals surface area contributed by atoms with Gasteiger partial charge in [0.25, 0.3) is 0 Å². The maximum atomic E-state index is 13.0. The highest BCUT2D eigenvalue weighted by Crippen LogP contribution is 2.32. The van der Waals surface area contributed by atoms with Crippen molar-refractivity contribution in [3.05, 3.63) is 24.0 Å². The zero-order chi connectivity index (χ0) is 15.3. The van der Waals surface area contributed by atoms with Crippen LogP contribution in [0.4, 0.5) is 10.1 Å². The Morgan fingerprint density at radius 1 is 1.30 bits per heavy atom. The number of phenolic OH excluding ortho intramolecular Hbond substituents is 1. The maximum Gasteiger partial charge on any atom is 0.310 e. The molecule has 0 heterocycles. The Kier molecular flexibility index (Phi) is 5.07. The van der Waals surface area contributed by atoms with Gasteiger partial charge < -0.3 is 15.5 Å². The van der Waals surface area contributed by atoms with E-state index in [1.807, 2.05) is 0 Å². The summed E-state index contributed by atoms with van der Waals surface area (Å²) in [7, 11) is 0. The van der Waals surface area contributed by atoms with Crippen LogP contribution >= 0.6 is 0 Å². The van der Waals surface area contributed by atoms with Gasteiger partial charge in [-0.1, -0.05) is 13.8 Å². The summed E-state index contributed by atoms with van der Waals surface area (Å²) in [4.78, 5) is 23.2. The molecule has 0 bridgehead atoms. The third-order valence-electron chi connectivity index (χ3n) is 3.54. The minimum absolute atomic E-state index is 0.0681. The first-order chi connectivity index (χ1) is 9.34. The van der Waals surface area contributed by atoms with Crippen molar-refractivity contribution >= 4 is 17.6 Å². The standard InChI is InChI=1S/C14H18FNO4/c1-3-14(4-2,13(19)20)8-12(18)16-10-7-9(15)5-6-11(10)17/h5-7,17H,3-4,8H2,1-2H3,(H,16,18)(H,19,20). The maximum absolute atomic E-state index is 13.0. The molecule has 5 nitrogen and oxygen atoms in total. The smallest absolute Gasteiger partial charge is 0.310 e. The lowest BCUT2D eigenvalue weighted by molar-refractivity contribution is -0.151. The number of carbonyl (C=O) groups excluding carboxylic acids is 1. The normalized spacial score (nSPS) is 11.2. The van der Waals surface area contributed by atoms with E-state index in [0.717, 1.165) is 18.2 Å². The molecule has 0 fully saturated rings. The van der Waals surface area contributed by atoms with Gasteiger partial charge in [0.2, 0.25) is 5.91 Å². The highest BCUT2D eigenvalue weighted by atomic mass is 19.1. The van der Waals surface area contributed by atoms with Crippen molar-refractivity contribution in [2.24, 2.45) is 5.41 Å². The molecule has 0 unspecified atom stereocenters. The molecular weight excluding hydrogens is 265 g/mol. The van der Waals surface area contributed by atoms with Crippen LogP contribution in [0, 0.1) is 11.2 Å². The summed E-state index contributed by atoms with van der Waals surface area (Å²) in [6.07, 6.45) is 0.383. The summed E-state index contributed by atoms with van der Waals surface area (Å²) >= 11 is 0. The number of amides is 1. The number of carbonyl (C=O) groups is 2. The Balaban J connectivity index is 2.86. The summed E-state index contributed by atoms with van der Waals surface area (Å²) in [5.74, 6) is -2.49. The van der Waals surface area contributed by atoms with E-state index in [1.54, 1.807) is 13.8 Å². The van der Waals surface area contributed by atoms with Gasteiger partial charge in [-0.25, -0.2) is 4.39 Å². The van der Waals surface area contributed by atoms with Crippen LogP contribution in [-0.2, 0) is 9.59 Å². The molecule has 0 aliphatic heterocycles. The third kappa shape index (κ3) is 3.46. The molecule has 1 aromatic carbocycles. The third-order valence-corrected chi connectivity index (χ3v) is 3.54. The SMILES string of the molecule is CCC(CC)(CC(=O)Nc1cc(F)ccc1O)C(=O)O. The Hall–Kier alpha value is -2.11. The van der Waals surface area contributed by atoms with Gasteiger partial charge in [-0.2, -0.15) is 0 Å². The van der Waals surface area contributed by atoms with Gasteiger partial charge in [0.1, 0.15) is 11.6 Å². The molecule has 0 aromatic heterocycles. The molecular formula is C14H18FNO4. The topological polar surface area (TPSA) is 86.6 Å². The fourth-order valence-electron chi connectivity index (χ4n) is 1.99. The van der Waals surface area contributed by atoms with E-state index in [9.17, 15) is 24.2 Å². The molecule has 1 aromatic rings. The second kappa shape index (κ2) is 6.36. The molecule has 3 N–H and O–H groups in total. The number of anilines is 1. The molecule has 0 aliphatic rings. The molecule has 0 atom stereocenters. The van der Waals surface area contributed by atoms with Crippen LogP contribution in [0.2, 0.25) is 0 Å². The van der Waals surface area contributed by atoms with Gasteiger partial charge in [-0.15, -0.1) is 0 Å². The van der Waals surface area contributed by atoms with E-state index in [0.29, 0.717) is 12.8 Å². The zero-order valence-electron chi connectivity index (χ0n) is 11.4. The number of benzene rings is 1. The van der Waals surface area contributed by atoms with Crippen LogP contribution in [0.5, 0.6) is 5.75 Å². The molecule has 0 radical (unpaired) electrons. The van der Waals surface area contributed by atoms with Crippen molar-refractivity contribution in [2.75, 3.05) is 5.32 Å².